The third-order valence-electron chi connectivity index (χ3n) is 4.05. The van der Waals surface area contributed by atoms with E-state index < -0.39 is 0 Å². The van der Waals surface area contributed by atoms with E-state index in [-0.39, 0.29) is 11.7 Å². The first-order valence-corrected chi connectivity index (χ1v) is 8.49. The summed E-state index contributed by atoms with van der Waals surface area (Å²) in [6.07, 6.45) is 0. The molecule has 0 fully saturated rings. The summed E-state index contributed by atoms with van der Waals surface area (Å²) in [5.41, 5.74) is 9.23. The summed E-state index contributed by atoms with van der Waals surface area (Å²) in [5, 5.41) is 10.7. The molecular weight excluding hydrogens is 346 g/mol. The van der Waals surface area contributed by atoms with Crippen LogP contribution in [0.4, 0.5) is 0 Å². The third kappa shape index (κ3) is 3.92. The zero-order valence-corrected chi connectivity index (χ0v) is 14.8. The van der Waals surface area contributed by atoms with E-state index in [0.717, 1.165) is 16.7 Å². The first kappa shape index (κ1) is 17.7. The molecule has 0 saturated carbocycles. The molecule has 3 aromatic rings. The summed E-state index contributed by atoms with van der Waals surface area (Å²) in [6.45, 7) is 0.364. The first-order valence-electron chi connectivity index (χ1n) is 8.11. The fraction of sp³-hybridized carbons (Fsp3) is 0.0476. The Balaban J connectivity index is 1.75. The third-order valence-corrected chi connectivity index (χ3v) is 4.45. The smallest absolute Gasteiger partial charge is 0.253 e. The van der Waals surface area contributed by atoms with Gasteiger partial charge in [-0.05, 0) is 17.2 Å². The van der Waals surface area contributed by atoms with Crippen molar-refractivity contribution in [2.45, 2.75) is 6.54 Å². The van der Waals surface area contributed by atoms with Gasteiger partial charge in [0.25, 0.3) is 5.91 Å². The number of nitrogen functional groups attached to an aromatic ring is 1. The highest BCUT2D eigenvalue weighted by atomic mass is 35.5. The van der Waals surface area contributed by atoms with Crippen LogP contribution in [0.2, 0.25) is 5.02 Å². The van der Waals surface area contributed by atoms with Crippen molar-refractivity contribution >= 4 is 23.3 Å². The molecule has 0 heterocycles. The molecule has 0 aromatic heterocycles. The van der Waals surface area contributed by atoms with Crippen molar-refractivity contribution in [3.05, 3.63) is 94.5 Å². The molecule has 0 unspecified atom stereocenters. The highest BCUT2D eigenvalue weighted by Crippen LogP contribution is 2.30. The summed E-state index contributed by atoms with van der Waals surface area (Å²) in [4.78, 5) is 12.5. The van der Waals surface area contributed by atoms with Gasteiger partial charge in [-0.2, -0.15) is 0 Å². The second-order valence-corrected chi connectivity index (χ2v) is 6.20. The Morgan fingerprint density at radius 3 is 2.31 bits per heavy atom. The second kappa shape index (κ2) is 7.85. The number of halogens is 1. The van der Waals surface area contributed by atoms with Crippen molar-refractivity contribution in [2.24, 2.45) is 5.73 Å². The van der Waals surface area contributed by atoms with Crippen molar-refractivity contribution in [1.29, 1.82) is 5.41 Å². The number of rotatable bonds is 5. The first-order chi connectivity index (χ1) is 12.6. The maximum atomic E-state index is 12.5. The molecular formula is C21H18ClN3O. The van der Waals surface area contributed by atoms with Gasteiger partial charge in [0, 0.05) is 17.7 Å². The van der Waals surface area contributed by atoms with Crippen molar-refractivity contribution in [3.63, 3.8) is 0 Å². The molecule has 5 heteroatoms. The molecule has 4 N–H and O–H groups in total. The van der Waals surface area contributed by atoms with Crippen LogP contribution < -0.4 is 11.1 Å². The fourth-order valence-corrected chi connectivity index (χ4v) is 2.95. The highest BCUT2D eigenvalue weighted by molar-refractivity contribution is 6.36. The lowest BCUT2D eigenvalue weighted by Gasteiger charge is -2.11. The van der Waals surface area contributed by atoms with Gasteiger partial charge in [-0.15, -0.1) is 0 Å². The van der Waals surface area contributed by atoms with Crippen LogP contribution in [-0.4, -0.2) is 11.7 Å². The van der Waals surface area contributed by atoms with E-state index in [1.54, 1.807) is 18.2 Å². The lowest BCUT2D eigenvalue weighted by atomic mass is 10.0. The Morgan fingerprint density at radius 2 is 1.65 bits per heavy atom. The van der Waals surface area contributed by atoms with Gasteiger partial charge in [0.1, 0.15) is 5.84 Å². The van der Waals surface area contributed by atoms with Gasteiger partial charge in [0.2, 0.25) is 0 Å². The molecule has 0 saturated heterocycles. The van der Waals surface area contributed by atoms with E-state index in [1.807, 2.05) is 54.6 Å². The monoisotopic (exact) mass is 363 g/mol. The number of benzene rings is 3. The minimum absolute atomic E-state index is 0.0186. The van der Waals surface area contributed by atoms with Crippen LogP contribution in [0.5, 0.6) is 0 Å². The fourth-order valence-electron chi connectivity index (χ4n) is 2.63. The molecule has 0 spiro atoms. The number of hydrogen-bond acceptors (Lipinski definition) is 2. The lowest BCUT2D eigenvalue weighted by Crippen LogP contribution is -2.23. The molecule has 26 heavy (non-hydrogen) atoms. The standard InChI is InChI=1S/C21H18ClN3O/c22-19-17(15-5-2-1-3-6-15)7-4-8-18(19)21(26)25-13-14-9-11-16(12-10-14)20(23)24/h1-12H,13H2,(H3,23,24)(H,25,26). The van der Waals surface area contributed by atoms with Crippen molar-refractivity contribution in [2.75, 3.05) is 0 Å². The zero-order chi connectivity index (χ0) is 18.5. The molecule has 0 aliphatic heterocycles. The summed E-state index contributed by atoms with van der Waals surface area (Å²) >= 11 is 6.48. The van der Waals surface area contributed by atoms with Crippen LogP contribution in [0, 0.1) is 5.41 Å². The highest BCUT2D eigenvalue weighted by Gasteiger charge is 2.14. The molecule has 4 nitrogen and oxygen atoms in total. The SMILES string of the molecule is N=C(N)c1ccc(CNC(=O)c2cccc(-c3ccccc3)c2Cl)cc1. The Morgan fingerprint density at radius 1 is 0.962 bits per heavy atom. The van der Waals surface area contributed by atoms with Crippen molar-refractivity contribution in [1.82, 2.24) is 5.32 Å². The van der Waals surface area contributed by atoms with Crippen LogP contribution in [0.25, 0.3) is 11.1 Å². The van der Waals surface area contributed by atoms with Crippen LogP contribution in [0.3, 0.4) is 0 Å². The van der Waals surface area contributed by atoms with Gasteiger partial charge < -0.3 is 11.1 Å². The number of amides is 1. The molecule has 3 aromatic carbocycles. The van der Waals surface area contributed by atoms with Crippen molar-refractivity contribution < 1.29 is 4.79 Å². The number of carbonyl (C=O) groups is 1. The average Bonchev–Trinajstić information content (AvgIpc) is 2.67. The maximum Gasteiger partial charge on any atom is 0.253 e. The quantitative estimate of drug-likeness (QED) is 0.468. The molecule has 130 valence electrons. The number of carbonyl (C=O) groups excluding carboxylic acids is 1. The van der Waals surface area contributed by atoms with Gasteiger partial charge in [-0.3, -0.25) is 10.2 Å². The average molecular weight is 364 g/mol. The van der Waals surface area contributed by atoms with Crippen molar-refractivity contribution in [3.8, 4) is 11.1 Å². The lowest BCUT2D eigenvalue weighted by molar-refractivity contribution is 0.0951. The van der Waals surface area contributed by atoms with Crippen LogP contribution >= 0.6 is 11.6 Å². The Hall–Kier alpha value is -3.11. The number of nitrogens with one attached hydrogen (secondary N) is 2. The zero-order valence-electron chi connectivity index (χ0n) is 14.0. The van der Waals surface area contributed by atoms with Gasteiger partial charge >= 0.3 is 0 Å². The molecule has 0 atom stereocenters. The molecule has 0 aliphatic carbocycles. The normalized spacial score (nSPS) is 10.3. The van der Waals surface area contributed by atoms with Crippen LogP contribution in [0.1, 0.15) is 21.5 Å². The summed E-state index contributed by atoms with van der Waals surface area (Å²) < 4.78 is 0. The van der Waals surface area contributed by atoms with Gasteiger partial charge in [0.05, 0.1) is 10.6 Å². The Labute approximate surface area is 157 Å². The largest absolute Gasteiger partial charge is 0.384 e. The number of hydrogen-bond donors (Lipinski definition) is 3. The minimum atomic E-state index is -0.233. The van der Waals surface area contributed by atoms with E-state index in [9.17, 15) is 4.79 Å². The van der Waals surface area contributed by atoms with E-state index in [4.69, 9.17) is 22.7 Å². The van der Waals surface area contributed by atoms with E-state index >= 15 is 0 Å². The van der Waals surface area contributed by atoms with Gasteiger partial charge in [-0.1, -0.05) is 78.3 Å². The Kier molecular flexibility index (Phi) is 5.34. The Bertz CT molecular complexity index is 937. The summed E-state index contributed by atoms with van der Waals surface area (Å²) in [6, 6.07) is 22.3. The maximum absolute atomic E-state index is 12.5. The van der Waals surface area contributed by atoms with Crippen LogP contribution in [0.15, 0.2) is 72.8 Å². The predicted molar refractivity (Wildman–Crippen MR) is 106 cm³/mol. The minimum Gasteiger partial charge on any atom is -0.384 e. The van der Waals surface area contributed by atoms with E-state index in [1.165, 1.54) is 0 Å². The molecule has 1 amide bonds. The number of nitrogens with two attached hydrogens (primary N) is 1. The molecule has 0 bridgehead atoms. The molecule has 3 rings (SSSR count). The predicted octanol–water partition coefficient (Wildman–Crippen LogP) is 4.22. The molecule has 0 radical (unpaired) electrons. The molecule has 0 aliphatic rings. The second-order valence-electron chi connectivity index (χ2n) is 5.83. The van der Waals surface area contributed by atoms with E-state index in [2.05, 4.69) is 5.32 Å². The number of amidine groups is 1. The topological polar surface area (TPSA) is 79.0 Å². The summed E-state index contributed by atoms with van der Waals surface area (Å²) in [5.74, 6) is -0.214. The van der Waals surface area contributed by atoms with Gasteiger partial charge in [0.15, 0.2) is 0 Å². The van der Waals surface area contributed by atoms with E-state index in [0.29, 0.717) is 22.7 Å². The van der Waals surface area contributed by atoms with Gasteiger partial charge in [-0.25, -0.2) is 0 Å². The summed E-state index contributed by atoms with van der Waals surface area (Å²) in [7, 11) is 0. The van der Waals surface area contributed by atoms with Crippen LogP contribution in [-0.2, 0) is 6.54 Å².